The van der Waals surface area contributed by atoms with E-state index in [9.17, 15) is 23.3 Å². The maximum Gasteiger partial charge on any atom is 0.312 e. The van der Waals surface area contributed by atoms with Crippen molar-refractivity contribution in [3.05, 3.63) is 27.8 Å². The van der Waals surface area contributed by atoms with E-state index in [1.54, 1.807) is 0 Å². The van der Waals surface area contributed by atoms with E-state index in [2.05, 4.69) is 0 Å². The van der Waals surface area contributed by atoms with Crippen LogP contribution in [0, 0.1) is 17.0 Å². The van der Waals surface area contributed by atoms with Crippen LogP contribution in [0.4, 0.5) is 5.69 Å². The average Bonchev–Trinajstić information content (AvgIpc) is 2.33. The number of carbonyl (C=O) groups is 1. The number of hydrogen-bond donors (Lipinski definition) is 0. The van der Waals surface area contributed by atoms with Gasteiger partial charge >= 0.3 is 5.69 Å². The Hall–Kier alpha value is -1.87. The lowest BCUT2D eigenvalue weighted by Gasteiger charge is -2.12. The van der Waals surface area contributed by atoms with Gasteiger partial charge in [-0.05, 0) is 18.6 Å². The van der Waals surface area contributed by atoms with Gasteiger partial charge in [0.15, 0.2) is 12.4 Å². The van der Waals surface area contributed by atoms with Crippen molar-refractivity contribution in [2.45, 2.75) is 11.8 Å². The molecule has 1 rings (SSSR count). The minimum absolute atomic E-state index is 0.183. The zero-order chi connectivity index (χ0) is 16.4. The van der Waals surface area contributed by atoms with E-state index in [1.165, 1.54) is 25.9 Å². The summed E-state index contributed by atoms with van der Waals surface area (Å²) in [5.74, 6) is -0.590. The first-order chi connectivity index (χ1) is 9.54. The van der Waals surface area contributed by atoms with Crippen molar-refractivity contribution in [2.75, 3.05) is 20.7 Å². The Morgan fingerprint density at radius 2 is 2.00 bits per heavy atom. The predicted octanol–water partition coefficient (Wildman–Crippen LogP) is 1.30. The van der Waals surface area contributed by atoms with Crippen LogP contribution in [-0.4, -0.2) is 44.9 Å². The first-order valence-corrected chi connectivity index (χ1v) is 7.91. The van der Waals surface area contributed by atoms with Gasteiger partial charge in [0.25, 0.3) is 15.0 Å². The smallest absolute Gasteiger partial charge is 0.312 e. The van der Waals surface area contributed by atoms with Crippen molar-refractivity contribution < 1.29 is 22.9 Å². The topological polar surface area (TPSA) is 107 Å². The van der Waals surface area contributed by atoms with Crippen LogP contribution in [0.5, 0.6) is 5.75 Å². The van der Waals surface area contributed by atoms with Crippen molar-refractivity contribution in [2.24, 2.45) is 0 Å². The number of aryl methyl sites for hydroxylation is 1. The molecule has 0 N–H and O–H groups in total. The summed E-state index contributed by atoms with van der Waals surface area (Å²) in [6, 6.07) is 1.98. The average molecular weight is 337 g/mol. The molecule has 0 saturated carbocycles. The van der Waals surface area contributed by atoms with E-state index in [4.69, 9.17) is 15.4 Å². The molecule has 0 aliphatic heterocycles. The number of hydrogen-bond acceptors (Lipinski definition) is 6. The van der Waals surface area contributed by atoms with E-state index >= 15 is 0 Å². The first-order valence-electron chi connectivity index (χ1n) is 5.60. The van der Waals surface area contributed by atoms with Crippen molar-refractivity contribution >= 4 is 31.3 Å². The molecular weight excluding hydrogens is 324 g/mol. The molecule has 0 atom stereocenters. The highest BCUT2D eigenvalue weighted by atomic mass is 35.7. The lowest BCUT2D eigenvalue weighted by atomic mass is 10.2. The SMILES string of the molecule is Cc1cc(OCC(=O)N(C)C)c([N+](=O)[O-])cc1S(=O)(=O)Cl. The molecule has 21 heavy (non-hydrogen) atoms. The fourth-order valence-electron chi connectivity index (χ4n) is 1.44. The summed E-state index contributed by atoms with van der Waals surface area (Å²) in [5.41, 5.74) is -0.394. The van der Waals surface area contributed by atoms with Gasteiger partial charge in [0.05, 0.1) is 9.82 Å². The second kappa shape index (κ2) is 6.27. The zero-order valence-electron chi connectivity index (χ0n) is 11.5. The molecule has 8 nitrogen and oxygen atoms in total. The molecule has 1 aromatic carbocycles. The molecule has 0 spiro atoms. The Kier molecular flexibility index (Phi) is 5.13. The number of nitro groups is 1. The van der Waals surface area contributed by atoms with E-state index in [0.717, 1.165) is 12.1 Å². The number of nitrogens with zero attached hydrogens (tertiary/aromatic N) is 2. The fraction of sp³-hybridized carbons (Fsp3) is 0.364. The molecular formula is C11H13ClN2O6S. The van der Waals surface area contributed by atoms with E-state index in [-0.39, 0.29) is 16.2 Å². The minimum Gasteiger partial charge on any atom is -0.477 e. The quantitative estimate of drug-likeness (QED) is 0.455. The number of halogens is 1. The van der Waals surface area contributed by atoms with Gasteiger partial charge in [0.1, 0.15) is 0 Å². The maximum atomic E-state index is 11.4. The number of nitro benzene ring substituents is 1. The highest BCUT2D eigenvalue weighted by Crippen LogP contribution is 2.33. The van der Waals surface area contributed by atoms with Gasteiger partial charge in [0.2, 0.25) is 0 Å². The number of benzene rings is 1. The summed E-state index contributed by atoms with van der Waals surface area (Å²) in [6.45, 7) is 1.01. The summed E-state index contributed by atoms with van der Waals surface area (Å²) in [6.07, 6.45) is 0. The largest absolute Gasteiger partial charge is 0.477 e. The van der Waals surface area contributed by atoms with Crippen LogP contribution < -0.4 is 4.74 Å². The zero-order valence-corrected chi connectivity index (χ0v) is 13.1. The monoisotopic (exact) mass is 336 g/mol. The predicted molar refractivity (Wildman–Crippen MR) is 75.1 cm³/mol. The Morgan fingerprint density at radius 1 is 1.43 bits per heavy atom. The van der Waals surface area contributed by atoms with Gasteiger partial charge in [-0.3, -0.25) is 14.9 Å². The van der Waals surface area contributed by atoms with Gasteiger partial charge in [-0.15, -0.1) is 0 Å². The molecule has 10 heteroatoms. The molecule has 0 aliphatic carbocycles. The fourth-order valence-corrected chi connectivity index (χ4v) is 2.64. The van der Waals surface area contributed by atoms with Gasteiger partial charge in [-0.25, -0.2) is 8.42 Å². The van der Waals surface area contributed by atoms with Crippen LogP contribution in [0.25, 0.3) is 0 Å². The molecule has 0 heterocycles. The Morgan fingerprint density at radius 3 is 2.43 bits per heavy atom. The molecule has 116 valence electrons. The van der Waals surface area contributed by atoms with E-state index in [1.807, 2.05) is 0 Å². The van der Waals surface area contributed by atoms with Gasteiger partial charge in [-0.2, -0.15) is 0 Å². The molecule has 0 unspecified atom stereocenters. The number of likely N-dealkylation sites (N-methyl/N-ethyl adjacent to an activating group) is 1. The lowest BCUT2D eigenvalue weighted by Crippen LogP contribution is -2.27. The van der Waals surface area contributed by atoms with Crippen LogP contribution in [0.1, 0.15) is 5.56 Å². The standard InChI is InChI=1S/C11H13ClN2O6S/c1-7-4-9(20-6-11(15)13(2)3)8(14(16)17)5-10(7)21(12,18)19/h4-5H,6H2,1-3H3. The summed E-state index contributed by atoms with van der Waals surface area (Å²) < 4.78 is 27.8. The molecule has 1 amide bonds. The second-order valence-electron chi connectivity index (χ2n) is 4.36. The number of amides is 1. The summed E-state index contributed by atoms with van der Waals surface area (Å²) >= 11 is 0. The van der Waals surface area contributed by atoms with Crippen molar-refractivity contribution in [1.29, 1.82) is 0 Å². The lowest BCUT2D eigenvalue weighted by molar-refractivity contribution is -0.386. The van der Waals surface area contributed by atoms with E-state index < -0.39 is 32.2 Å². The molecule has 0 aliphatic rings. The third-order valence-corrected chi connectivity index (χ3v) is 4.03. The molecule has 0 saturated heterocycles. The molecule has 0 fully saturated rings. The van der Waals surface area contributed by atoms with Crippen LogP contribution in [0.2, 0.25) is 0 Å². The number of ether oxygens (including phenoxy) is 1. The Balaban J connectivity index is 3.24. The Labute approximate surface area is 125 Å². The second-order valence-corrected chi connectivity index (χ2v) is 6.89. The summed E-state index contributed by atoms with van der Waals surface area (Å²) in [4.78, 5) is 22.5. The van der Waals surface area contributed by atoms with Crippen LogP contribution in [0.3, 0.4) is 0 Å². The van der Waals surface area contributed by atoms with Crippen molar-refractivity contribution in [1.82, 2.24) is 4.90 Å². The summed E-state index contributed by atoms with van der Waals surface area (Å²) in [5, 5.41) is 11.0. The molecule has 0 bridgehead atoms. The highest BCUT2D eigenvalue weighted by molar-refractivity contribution is 8.13. The van der Waals surface area contributed by atoms with Crippen LogP contribution >= 0.6 is 10.7 Å². The molecule has 0 radical (unpaired) electrons. The Bertz CT molecular complexity index is 686. The van der Waals surface area contributed by atoms with Gasteiger partial charge < -0.3 is 9.64 Å². The highest BCUT2D eigenvalue weighted by Gasteiger charge is 2.24. The third-order valence-electron chi connectivity index (χ3n) is 2.57. The van der Waals surface area contributed by atoms with Crippen LogP contribution in [-0.2, 0) is 13.8 Å². The van der Waals surface area contributed by atoms with Crippen molar-refractivity contribution in [3.63, 3.8) is 0 Å². The van der Waals surface area contributed by atoms with Gasteiger partial charge in [-0.1, -0.05) is 0 Å². The minimum atomic E-state index is -4.11. The van der Waals surface area contributed by atoms with Gasteiger partial charge in [0, 0.05) is 30.8 Å². The van der Waals surface area contributed by atoms with E-state index in [0.29, 0.717) is 0 Å². The normalized spacial score (nSPS) is 11.0. The molecule has 1 aromatic rings. The van der Waals surface area contributed by atoms with Crippen molar-refractivity contribution in [3.8, 4) is 5.75 Å². The molecule has 0 aromatic heterocycles. The van der Waals surface area contributed by atoms with Crippen LogP contribution in [0.15, 0.2) is 17.0 Å². The number of rotatable bonds is 5. The third kappa shape index (κ3) is 4.30. The summed E-state index contributed by atoms with van der Waals surface area (Å²) in [7, 11) is 4.11. The maximum absolute atomic E-state index is 11.4. The number of carbonyl (C=O) groups excluding carboxylic acids is 1. The first kappa shape index (κ1) is 17.2.